The average Bonchev–Trinajstić information content (AvgIpc) is 2.75. The molecule has 1 fully saturated rings. The Morgan fingerprint density at radius 1 is 1.07 bits per heavy atom. The van der Waals surface area contributed by atoms with Crippen molar-refractivity contribution in [2.75, 3.05) is 32.6 Å². The minimum atomic E-state index is 0.340. The van der Waals surface area contributed by atoms with Crippen molar-refractivity contribution < 1.29 is 4.74 Å². The van der Waals surface area contributed by atoms with E-state index in [1.165, 1.54) is 5.56 Å². The van der Waals surface area contributed by atoms with Crippen LogP contribution in [0, 0.1) is 0 Å². The third kappa shape index (κ3) is 7.32. The highest BCUT2D eigenvalue weighted by Crippen LogP contribution is 2.34. The van der Waals surface area contributed by atoms with Gasteiger partial charge in [-0.3, -0.25) is 3.53 Å². The van der Waals surface area contributed by atoms with Crippen molar-refractivity contribution in [3.05, 3.63) is 59.1 Å². The van der Waals surface area contributed by atoms with Crippen LogP contribution in [0.1, 0.15) is 37.2 Å². The Morgan fingerprint density at radius 3 is 2.33 bits per heavy atom. The number of halogens is 2. The fraction of sp³-hybridized carbons (Fsp3) is 0.435. The summed E-state index contributed by atoms with van der Waals surface area (Å²) < 4.78 is 8.95. The van der Waals surface area contributed by atoms with E-state index in [1.54, 1.807) is 0 Å². The van der Waals surface area contributed by atoms with Crippen LogP contribution >= 0.6 is 34.5 Å². The van der Waals surface area contributed by atoms with Gasteiger partial charge < -0.3 is 15.0 Å². The Bertz CT molecular complexity index is 803. The second kappa shape index (κ2) is 11.8. The molecular weight excluding hydrogens is 511 g/mol. The normalized spacial score (nSPS) is 19.6. The molecule has 5 nitrogen and oxygen atoms in total. The molecule has 0 amide bonds. The van der Waals surface area contributed by atoms with E-state index in [2.05, 4.69) is 75.0 Å². The molecule has 0 saturated heterocycles. The number of hydrogen-bond donors (Lipinski definition) is 2. The highest BCUT2D eigenvalue weighted by atomic mass is 127. The summed E-state index contributed by atoms with van der Waals surface area (Å²) in [6.45, 7) is 1.64. The highest BCUT2D eigenvalue weighted by Gasteiger charge is 2.22. The van der Waals surface area contributed by atoms with Crippen LogP contribution in [0.2, 0.25) is 5.02 Å². The predicted octanol–water partition coefficient (Wildman–Crippen LogP) is 5.71. The lowest BCUT2D eigenvalue weighted by molar-refractivity contribution is 0.261. The fourth-order valence-corrected chi connectivity index (χ4v) is 4.05. The Kier molecular flexibility index (Phi) is 9.08. The van der Waals surface area contributed by atoms with E-state index in [-0.39, 0.29) is 0 Å². The van der Waals surface area contributed by atoms with Gasteiger partial charge in [-0.2, -0.15) is 0 Å². The molecule has 0 aromatic heterocycles. The summed E-state index contributed by atoms with van der Waals surface area (Å²) in [5.74, 6) is 2.35. The van der Waals surface area contributed by atoms with E-state index in [4.69, 9.17) is 21.3 Å². The van der Waals surface area contributed by atoms with Gasteiger partial charge in [0.1, 0.15) is 12.4 Å². The van der Waals surface area contributed by atoms with Gasteiger partial charge in [-0.1, -0.05) is 23.7 Å². The zero-order valence-corrected chi connectivity index (χ0v) is 20.5. The lowest BCUT2D eigenvalue weighted by Gasteiger charge is -2.27. The molecule has 2 aromatic carbocycles. The molecule has 1 saturated carbocycles. The molecule has 3 rings (SSSR count). The fourth-order valence-electron chi connectivity index (χ4n) is 3.65. The summed E-state index contributed by atoms with van der Waals surface area (Å²) >= 11 is 8.08. The quantitative estimate of drug-likeness (QED) is 0.204. The zero-order chi connectivity index (χ0) is 21.3. The Hall–Kier alpha value is -1.51. The van der Waals surface area contributed by atoms with E-state index < -0.39 is 0 Å². The summed E-state index contributed by atoms with van der Waals surface area (Å²) in [4.78, 5) is 7.02. The number of hydrogen-bond acceptors (Lipinski definition) is 3. The SMILES string of the molecule is CN(C)CCOc1ccc(C2CCC(N=C(NI)Nc3ccc(Cl)cc3)CC2)cc1. The maximum atomic E-state index is 5.96. The first-order valence-electron chi connectivity index (χ1n) is 10.4. The van der Waals surface area contributed by atoms with Gasteiger partial charge in [0.05, 0.1) is 28.9 Å². The molecule has 0 atom stereocenters. The number of ether oxygens (including phenoxy) is 1. The molecule has 1 aliphatic rings. The molecule has 0 bridgehead atoms. The first-order chi connectivity index (χ1) is 14.5. The van der Waals surface area contributed by atoms with Crippen LogP contribution in [0.25, 0.3) is 0 Å². The Labute approximate surface area is 198 Å². The van der Waals surface area contributed by atoms with Crippen molar-refractivity contribution in [1.82, 2.24) is 8.43 Å². The second-order valence-corrected chi connectivity index (χ2v) is 8.91. The number of likely N-dealkylation sites (N-methyl/N-ethyl adjacent to an activating group) is 1. The number of aliphatic imine (C=N–C) groups is 1. The van der Waals surface area contributed by atoms with Gasteiger partial charge >= 0.3 is 0 Å². The van der Waals surface area contributed by atoms with E-state index in [0.717, 1.165) is 54.6 Å². The standard InChI is InChI=1S/C23H30ClIN4O/c1-29(2)15-16-30-22-13-5-18(6-14-22)17-3-9-20(10-4-17)26-23(28-25)27-21-11-7-19(24)8-12-21/h5-8,11-14,17,20H,3-4,9-10,15-16H2,1-2H3,(H2,26,27,28). The van der Waals surface area contributed by atoms with Crippen molar-refractivity contribution in [3.63, 3.8) is 0 Å². The monoisotopic (exact) mass is 540 g/mol. The van der Waals surface area contributed by atoms with Crippen molar-refractivity contribution in [1.29, 1.82) is 0 Å². The van der Waals surface area contributed by atoms with Crippen LogP contribution in [-0.2, 0) is 0 Å². The van der Waals surface area contributed by atoms with Crippen molar-refractivity contribution >= 4 is 46.1 Å². The van der Waals surface area contributed by atoms with Gasteiger partial charge in [0.15, 0.2) is 0 Å². The van der Waals surface area contributed by atoms with Crippen LogP contribution in [-0.4, -0.2) is 44.1 Å². The Balaban J connectivity index is 1.49. The molecule has 0 heterocycles. The molecule has 0 spiro atoms. The second-order valence-electron chi connectivity index (χ2n) is 7.93. The van der Waals surface area contributed by atoms with Crippen LogP contribution in [0.5, 0.6) is 5.75 Å². The summed E-state index contributed by atoms with van der Waals surface area (Å²) in [6.07, 6.45) is 4.50. The van der Waals surface area contributed by atoms with Gasteiger partial charge in [0.2, 0.25) is 5.96 Å². The van der Waals surface area contributed by atoms with E-state index in [1.807, 2.05) is 24.3 Å². The predicted molar refractivity (Wildman–Crippen MR) is 135 cm³/mol. The minimum Gasteiger partial charge on any atom is -0.492 e. The molecule has 2 N–H and O–H groups in total. The van der Waals surface area contributed by atoms with Crippen molar-refractivity contribution in [2.45, 2.75) is 37.6 Å². The maximum Gasteiger partial charge on any atom is 0.204 e. The molecule has 162 valence electrons. The first-order valence-corrected chi connectivity index (χ1v) is 11.8. The van der Waals surface area contributed by atoms with E-state index in [9.17, 15) is 0 Å². The lowest BCUT2D eigenvalue weighted by atomic mass is 9.82. The third-order valence-electron chi connectivity index (χ3n) is 5.36. The van der Waals surface area contributed by atoms with E-state index >= 15 is 0 Å². The van der Waals surface area contributed by atoms with Crippen LogP contribution in [0.3, 0.4) is 0 Å². The summed E-state index contributed by atoms with van der Waals surface area (Å²) in [6, 6.07) is 16.6. The number of nitrogens with one attached hydrogen (secondary N) is 2. The molecule has 1 aliphatic carbocycles. The number of rotatable bonds is 7. The lowest BCUT2D eigenvalue weighted by Crippen LogP contribution is -2.27. The molecule has 30 heavy (non-hydrogen) atoms. The smallest absolute Gasteiger partial charge is 0.204 e. The minimum absolute atomic E-state index is 0.340. The Morgan fingerprint density at radius 2 is 1.73 bits per heavy atom. The summed E-state index contributed by atoms with van der Waals surface area (Å²) in [5.41, 5.74) is 2.38. The first kappa shape index (κ1) is 23.2. The molecule has 0 unspecified atom stereocenters. The molecule has 0 aliphatic heterocycles. The highest BCUT2D eigenvalue weighted by molar-refractivity contribution is 14.1. The molecule has 0 radical (unpaired) electrons. The molecule has 7 heteroatoms. The van der Waals surface area contributed by atoms with E-state index in [0.29, 0.717) is 18.6 Å². The topological polar surface area (TPSA) is 48.9 Å². The number of nitrogens with zero attached hydrogens (tertiary/aromatic N) is 2. The van der Waals surface area contributed by atoms with Gasteiger partial charge in [-0.05, 0) is 87.7 Å². The van der Waals surface area contributed by atoms with Gasteiger partial charge in [-0.15, -0.1) is 0 Å². The number of anilines is 1. The summed E-state index contributed by atoms with van der Waals surface area (Å²) in [7, 11) is 4.11. The average molecular weight is 541 g/mol. The molecular formula is C23H30ClIN4O. The largest absolute Gasteiger partial charge is 0.492 e. The van der Waals surface area contributed by atoms with Crippen LogP contribution in [0.15, 0.2) is 53.5 Å². The molecule has 2 aromatic rings. The van der Waals surface area contributed by atoms with Crippen LogP contribution in [0.4, 0.5) is 5.69 Å². The number of guanidine groups is 1. The number of benzene rings is 2. The zero-order valence-electron chi connectivity index (χ0n) is 17.6. The maximum absolute atomic E-state index is 5.96. The van der Waals surface area contributed by atoms with Crippen LogP contribution < -0.4 is 13.6 Å². The van der Waals surface area contributed by atoms with Crippen molar-refractivity contribution in [2.24, 2.45) is 4.99 Å². The van der Waals surface area contributed by atoms with Crippen molar-refractivity contribution in [3.8, 4) is 5.75 Å². The van der Waals surface area contributed by atoms with Gasteiger partial charge in [0, 0.05) is 17.3 Å². The third-order valence-corrected chi connectivity index (χ3v) is 6.13. The summed E-state index contributed by atoms with van der Waals surface area (Å²) in [5, 5.41) is 4.06. The van der Waals surface area contributed by atoms with Gasteiger partial charge in [-0.25, -0.2) is 4.99 Å². The van der Waals surface area contributed by atoms with Gasteiger partial charge in [0.25, 0.3) is 0 Å².